The summed E-state index contributed by atoms with van der Waals surface area (Å²) in [6.07, 6.45) is 7.61. The van der Waals surface area contributed by atoms with Gasteiger partial charge < -0.3 is 5.32 Å². The normalized spacial score (nSPS) is 41.7. The second kappa shape index (κ2) is 4.60. The standard InChI is InChI=1S/C17H25NS/c1-10-3-4-16(19-10)11(2)18-17-14-6-12-5-13(8-14)9-15(17)7-12/h3-4,11-15,17-18H,5-9H2,1-2H3. The van der Waals surface area contributed by atoms with Crippen LogP contribution in [0.2, 0.25) is 0 Å². The molecule has 1 aromatic heterocycles. The maximum atomic E-state index is 4.00. The van der Waals surface area contributed by atoms with Crippen LogP contribution in [-0.2, 0) is 0 Å². The fourth-order valence-electron chi connectivity index (χ4n) is 5.25. The smallest absolute Gasteiger partial charge is 0.0388 e. The number of aryl methyl sites for hydroxylation is 1. The van der Waals surface area contributed by atoms with E-state index in [9.17, 15) is 0 Å². The van der Waals surface area contributed by atoms with E-state index in [4.69, 9.17) is 0 Å². The highest BCUT2D eigenvalue weighted by atomic mass is 32.1. The lowest BCUT2D eigenvalue weighted by atomic mass is 9.54. The van der Waals surface area contributed by atoms with Crippen LogP contribution in [0.4, 0.5) is 0 Å². The quantitative estimate of drug-likeness (QED) is 0.854. The van der Waals surface area contributed by atoms with Crippen LogP contribution in [0.15, 0.2) is 12.1 Å². The molecule has 4 bridgehead atoms. The fourth-order valence-corrected chi connectivity index (χ4v) is 6.14. The first-order valence-electron chi connectivity index (χ1n) is 8.01. The summed E-state index contributed by atoms with van der Waals surface area (Å²) in [5, 5.41) is 4.00. The topological polar surface area (TPSA) is 12.0 Å². The van der Waals surface area contributed by atoms with Crippen molar-refractivity contribution in [2.24, 2.45) is 23.7 Å². The Balaban J connectivity index is 1.48. The van der Waals surface area contributed by atoms with Gasteiger partial charge in [-0.1, -0.05) is 0 Å². The van der Waals surface area contributed by atoms with Gasteiger partial charge in [0.25, 0.3) is 0 Å². The largest absolute Gasteiger partial charge is 0.306 e. The molecule has 0 aromatic carbocycles. The Morgan fingerprint density at radius 1 is 1.05 bits per heavy atom. The van der Waals surface area contributed by atoms with Gasteiger partial charge >= 0.3 is 0 Å². The highest BCUT2D eigenvalue weighted by molar-refractivity contribution is 7.12. The predicted molar refractivity (Wildman–Crippen MR) is 81.4 cm³/mol. The van der Waals surface area contributed by atoms with Crippen molar-refractivity contribution in [1.29, 1.82) is 0 Å². The summed E-state index contributed by atoms with van der Waals surface area (Å²) in [5.41, 5.74) is 0. The first-order valence-corrected chi connectivity index (χ1v) is 8.83. The number of hydrogen-bond donors (Lipinski definition) is 1. The molecule has 0 saturated heterocycles. The van der Waals surface area contributed by atoms with E-state index in [-0.39, 0.29) is 0 Å². The molecule has 104 valence electrons. The van der Waals surface area contributed by atoms with Crippen LogP contribution in [0, 0.1) is 30.6 Å². The van der Waals surface area contributed by atoms with Crippen LogP contribution >= 0.6 is 11.3 Å². The molecule has 0 amide bonds. The Kier molecular flexibility index (Phi) is 3.00. The zero-order chi connectivity index (χ0) is 13.0. The van der Waals surface area contributed by atoms with Gasteiger partial charge in [-0.2, -0.15) is 0 Å². The molecule has 19 heavy (non-hydrogen) atoms. The number of hydrogen-bond acceptors (Lipinski definition) is 2. The average Bonchev–Trinajstić information content (AvgIpc) is 2.79. The molecule has 4 aliphatic carbocycles. The first-order chi connectivity index (χ1) is 9.19. The third-order valence-corrected chi connectivity index (χ3v) is 7.04. The van der Waals surface area contributed by atoms with E-state index in [1.54, 1.807) is 6.42 Å². The Bertz CT molecular complexity index is 436. The number of nitrogens with one attached hydrogen (secondary N) is 1. The summed E-state index contributed by atoms with van der Waals surface area (Å²) in [7, 11) is 0. The lowest BCUT2D eigenvalue weighted by molar-refractivity contribution is -0.0169. The Labute approximate surface area is 120 Å². The summed E-state index contributed by atoms with van der Waals surface area (Å²) in [6.45, 7) is 4.57. The molecule has 1 N–H and O–H groups in total. The summed E-state index contributed by atoms with van der Waals surface area (Å²) in [5.74, 6) is 4.14. The monoisotopic (exact) mass is 275 g/mol. The van der Waals surface area contributed by atoms with Crippen molar-refractivity contribution in [1.82, 2.24) is 5.32 Å². The van der Waals surface area contributed by atoms with E-state index in [2.05, 4.69) is 31.3 Å². The van der Waals surface area contributed by atoms with E-state index in [1.165, 1.54) is 35.4 Å². The molecule has 4 aliphatic rings. The maximum absolute atomic E-state index is 4.00. The molecule has 0 spiro atoms. The molecule has 4 fully saturated rings. The van der Waals surface area contributed by atoms with Crippen LogP contribution in [-0.4, -0.2) is 6.04 Å². The van der Waals surface area contributed by atoms with Crippen molar-refractivity contribution in [3.05, 3.63) is 21.9 Å². The number of thiophene rings is 1. The fraction of sp³-hybridized carbons (Fsp3) is 0.765. The van der Waals surface area contributed by atoms with Crippen LogP contribution in [0.25, 0.3) is 0 Å². The lowest BCUT2D eigenvalue weighted by Crippen LogP contribution is -2.54. The Morgan fingerprint density at radius 2 is 1.68 bits per heavy atom. The highest BCUT2D eigenvalue weighted by Gasteiger charge is 2.48. The summed E-state index contributed by atoms with van der Waals surface area (Å²) in [6, 6.07) is 5.93. The minimum atomic E-state index is 0.543. The molecule has 2 heteroatoms. The Morgan fingerprint density at radius 3 is 2.21 bits per heavy atom. The van der Waals surface area contributed by atoms with E-state index in [0.29, 0.717) is 6.04 Å². The van der Waals surface area contributed by atoms with Crippen molar-refractivity contribution in [2.45, 2.75) is 58.0 Å². The van der Waals surface area contributed by atoms with E-state index >= 15 is 0 Å². The van der Waals surface area contributed by atoms with Crippen LogP contribution in [0.5, 0.6) is 0 Å². The first kappa shape index (κ1) is 12.4. The molecule has 1 unspecified atom stereocenters. The van der Waals surface area contributed by atoms with Crippen molar-refractivity contribution in [3.8, 4) is 0 Å². The van der Waals surface area contributed by atoms with Crippen molar-refractivity contribution in [2.75, 3.05) is 0 Å². The third-order valence-electron chi connectivity index (χ3n) is 5.86. The molecule has 1 atom stereocenters. The van der Waals surface area contributed by atoms with Crippen molar-refractivity contribution in [3.63, 3.8) is 0 Å². The van der Waals surface area contributed by atoms with Gasteiger partial charge in [0.15, 0.2) is 0 Å². The SMILES string of the molecule is Cc1ccc(C(C)NC2C3CC4CC(C3)CC2C4)s1. The van der Waals surface area contributed by atoms with Gasteiger partial charge in [0.2, 0.25) is 0 Å². The molecule has 1 aromatic rings. The van der Waals surface area contributed by atoms with Crippen LogP contribution in [0.3, 0.4) is 0 Å². The van der Waals surface area contributed by atoms with Gasteiger partial charge in [-0.05, 0) is 81.8 Å². The zero-order valence-corrected chi connectivity index (χ0v) is 12.9. The van der Waals surface area contributed by atoms with Gasteiger partial charge in [-0.15, -0.1) is 11.3 Å². The third kappa shape index (κ3) is 2.17. The molecule has 0 radical (unpaired) electrons. The Hall–Kier alpha value is -0.340. The second-order valence-electron chi connectivity index (χ2n) is 7.29. The molecule has 5 rings (SSSR count). The van der Waals surface area contributed by atoms with E-state index in [0.717, 1.165) is 29.7 Å². The molecule has 0 aliphatic heterocycles. The van der Waals surface area contributed by atoms with Gasteiger partial charge in [-0.25, -0.2) is 0 Å². The summed E-state index contributed by atoms with van der Waals surface area (Å²) in [4.78, 5) is 2.96. The molecule has 4 saturated carbocycles. The van der Waals surface area contributed by atoms with Gasteiger partial charge in [0, 0.05) is 21.8 Å². The minimum absolute atomic E-state index is 0.543. The summed E-state index contributed by atoms with van der Waals surface area (Å²) < 4.78 is 0. The summed E-state index contributed by atoms with van der Waals surface area (Å²) >= 11 is 1.96. The van der Waals surface area contributed by atoms with Crippen LogP contribution in [0.1, 0.15) is 54.8 Å². The van der Waals surface area contributed by atoms with Gasteiger partial charge in [0.1, 0.15) is 0 Å². The maximum Gasteiger partial charge on any atom is 0.0388 e. The van der Waals surface area contributed by atoms with Crippen LogP contribution < -0.4 is 5.32 Å². The molecule has 1 heterocycles. The highest BCUT2D eigenvalue weighted by Crippen LogP contribution is 2.54. The lowest BCUT2D eigenvalue weighted by Gasteiger charge is -2.55. The van der Waals surface area contributed by atoms with Crippen molar-refractivity contribution >= 4 is 11.3 Å². The molecular formula is C17H25NS. The second-order valence-corrected chi connectivity index (χ2v) is 8.61. The van der Waals surface area contributed by atoms with Crippen molar-refractivity contribution < 1.29 is 0 Å². The van der Waals surface area contributed by atoms with Gasteiger partial charge in [-0.3, -0.25) is 0 Å². The van der Waals surface area contributed by atoms with E-state index < -0.39 is 0 Å². The minimum Gasteiger partial charge on any atom is -0.306 e. The predicted octanol–water partition coefficient (Wildman–Crippen LogP) is 4.53. The van der Waals surface area contributed by atoms with E-state index in [1.807, 2.05) is 11.3 Å². The molecule has 1 nitrogen and oxygen atoms in total. The average molecular weight is 275 g/mol. The zero-order valence-electron chi connectivity index (χ0n) is 12.1. The number of rotatable bonds is 3. The molecular weight excluding hydrogens is 250 g/mol. The van der Waals surface area contributed by atoms with Gasteiger partial charge in [0.05, 0.1) is 0 Å².